The van der Waals surface area contributed by atoms with Gasteiger partial charge in [0.1, 0.15) is 5.82 Å². The Bertz CT molecular complexity index is 541. The van der Waals surface area contributed by atoms with Gasteiger partial charge in [0, 0.05) is 23.7 Å². The minimum atomic E-state index is -0.220. The average Bonchev–Trinajstić information content (AvgIpc) is 2.90. The SMILES string of the molecule is CCN(c1ncc(C(C)NC)s1)c1ccccc1F. The van der Waals surface area contributed by atoms with Crippen molar-refractivity contribution in [2.75, 3.05) is 18.5 Å². The topological polar surface area (TPSA) is 28.2 Å². The van der Waals surface area contributed by atoms with E-state index in [0.29, 0.717) is 12.2 Å². The Morgan fingerprint density at radius 1 is 1.42 bits per heavy atom. The summed E-state index contributed by atoms with van der Waals surface area (Å²) < 4.78 is 13.9. The number of halogens is 1. The number of hydrogen-bond acceptors (Lipinski definition) is 4. The Balaban J connectivity index is 2.32. The van der Waals surface area contributed by atoms with E-state index in [-0.39, 0.29) is 11.9 Å². The molecule has 0 aliphatic heterocycles. The fourth-order valence-corrected chi connectivity index (χ4v) is 2.88. The van der Waals surface area contributed by atoms with E-state index < -0.39 is 0 Å². The van der Waals surface area contributed by atoms with Gasteiger partial charge in [0.05, 0.1) is 5.69 Å². The van der Waals surface area contributed by atoms with Crippen LogP contribution in [0.2, 0.25) is 0 Å². The molecule has 19 heavy (non-hydrogen) atoms. The monoisotopic (exact) mass is 279 g/mol. The van der Waals surface area contributed by atoms with E-state index in [2.05, 4.69) is 17.2 Å². The molecule has 0 saturated heterocycles. The van der Waals surface area contributed by atoms with E-state index in [4.69, 9.17) is 0 Å². The van der Waals surface area contributed by atoms with Crippen LogP contribution in [0.3, 0.4) is 0 Å². The second kappa shape index (κ2) is 6.12. The zero-order valence-electron chi connectivity index (χ0n) is 11.4. The Labute approximate surface area is 117 Å². The number of anilines is 2. The highest BCUT2D eigenvalue weighted by molar-refractivity contribution is 7.15. The summed E-state index contributed by atoms with van der Waals surface area (Å²) in [5.41, 5.74) is 0.572. The number of aromatic nitrogens is 1. The molecule has 0 bridgehead atoms. The van der Waals surface area contributed by atoms with Crippen molar-refractivity contribution in [3.8, 4) is 0 Å². The zero-order chi connectivity index (χ0) is 13.8. The predicted molar refractivity (Wildman–Crippen MR) is 78.7 cm³/mol. The van der Waals surface area contributed by atoms with Crippen molar-refractivity contribution in [1.82, 2.24) is 10.3 Å². The van der Waals surface area contributed by atoms with Gasteiger partial charge in [-0.1, -0.05) is 23.5 Å². The molecule has 3 nitrogen and oxygen atoms in total. The van der Waals surface area contributed by atoms with E-state index >= 15 is 0 Å². The van der Waals surface area contributed by atoms with Gasteiger partial charge in [-0.3, -0.25) is 0 Å². The quantitative estimate of drug-likeness (QED) is 0.904. The molecule has 0 aliphatic rings. The molecule has 0 spiro atoms. The van der Waals surface area contributed by atoms with Crippen molar-refractivity contribution in [3.05, 3.63) is 41.2 Å². The standard InChI is InChI=1S/C14H18FN3S/c1-4-18(12-8-6-5-7-11(12)15)14-17-9-13(19-14)10(2)16-3/h5-10,16H,4H2,1-3H3. The summed E-state index contributed by atoms with van der Waals surface area (Å²) in [5.74, 6) is -0.220. The summed E-state index contributed by atoms with van der Waals surface area (Å²) in [6, 6.07) is 7.05. The third kappa shape index (κ3) is 2.93. The van der Waals surface area contributed by atoms with Gasteiger partial charge in [0.25, 0.3) is 0 Å². The van der Waals surface area contributed by atoms with Crippen LogP contribution in [0.1, 0.15) is 24.8 Å². The van der Waals surface area contributed by atoms with Gasteiger partial charge in [-0.05, 0) is 33.0 Å². The molecule has 0 amide bonds. The number of nitrogens with zero attached hydrogens (tertiary/aromatic N) is 2. The molecule has 0 fully saturated rings. The molecule has 5 heteroatoms. The summed E-state index contributed by atoms with van der Waals surface area (Å²) in [7, 11) is 1.92. The highest BCUT2D eigenvalue weighted by Crippen LogP contribution is 2.32. The van der Waals surface area contributed by atoms with Crippen molar-refractivity contribution in [3.63, 3.8) is 0 Å². The molecule has 2 aromatic rings. The highest BCUT2D eigenvalue weighted by atomic mass is 32.1. The first kappa shape index (κ1) is 14.0. The normalized spacial score (nSPS) is 12.4. The Hall–Kier alpha value is -1.46. The van der Waals surface area contributed by atoms with Gasteiger partial charge in [-0.15, -0.1) is 0 Å². The van der Waals surface area contributed by atoms with Gasteiger partial charge in [0.15, 0.2) is 5.13 Å². The minimum Gasteiger partial charge on any atom is -0.315 e. The van der Waals surface area contributed by atoms with Crippen LogP contribution >= 0.6 is 11.3 Å². The van der Waals surface area contributed by atoms with Gasteiger partial charge in [0.2, 0.25) is 0 Å². The Morgan fingerprint density at radius 3 is 2.79 bits per heavy atom. The van der Waals surface area contributed by atoms with Gasteiger partial charge in [-0.25, -0.2) is 9.37 Å². The van der Waals surface area contributed by atoms with Crippen molar-refractivity contribution in [2.45, 2.75) is 19.9 Å². The molecule has 1 unspecified atom stereocenters. The molecule has 0 radical (unpaired) electrons. The lowest BCUT2D eigenvalue weighted by atomic mass is 10.3. The maximum absolute atomic E-state index is 13.9. The molecule has 1 N–H and O–H groups in total. The van der Waals surface area contributed by atoms with Crippen LogP contribution in [-0.4, -0.2) is 18.6 Å². The number of rotatable bonds is 5. The summed E-state index contributed by atoms with van der Waals surface area (Å²) in [6.07, 6.45) is 1.85. The molecular weight excluding hydrogens is 261 g/mol. The smallest absolute Gasteiger partial charge is 0.190 e. The first-order chi connectivity index (χ1) is 9.17. The molecule has 1 aromatic heterocycles. The lowest BCUT2D eigenvalue weighted by Gasteiger charge is -2.20. The number of benzene rings is 1. The van der Waals surface area contributed by atoms with Crippen LogP contribution in [0.4, 0.5) is 15.2 Å². The molecule has 102 valence electrons. The number of thiazole rings is 1. The zero-order valence-corrected chi connectivity index (χ0v) is 12.2. The number of nitrogens with one attached hydrogen (secondary N) is 1. The maximum atomic E-state index is 13.9. The summed E-state index contributed by atoms with van der Waals surface area (Å²) in [5, 5.41) is 4.00. The van der Waals surface area contributed by atoms with E-state index in [1.165, 1.54) is 6.07 Å². The van der Waals surface area contributed by atoms with E-state index in [1.807, 2.05) is 31.1 Å². The molecule has 0 saturated carbocycles. The second-order valence-corrected chi connectivity index (χ2v) is 5.29. The van der Waals surface area contributed by atoms with Crippen LogP contribution in [0.15, 0.2) is 30.5 Å². The Kier molecular flexibility index (Phi) is 4.50. The van der Waals surface area contributed by atoms with Gasteiger partial charge >= 0.3 is 0 Å². The minimum absolute atomic E-state index is 0.220. The lowest BCUT2D eigenvalue weighted by Crippen LogP contribution is -2.17. The van der Waals surface area contributed by atoms with Gasteiger partial charge in [-0.2, -0.15) is 0 Å². The number of hydrogen-bond donors (Lipinski definition) is 1. The van der Waals surface area contributed by atoms with Crippen LogP contribution in [0.25, 0.3) is 0 Å². The third-order valence-electron chi connectivity index (χ3n) is 3.06. The Morgan fingerprint density at radius 2 is 2.16 bits per heavy atom. The fraction of sp³-hybridized carbons (Fsp3) is 0.357. The van der Waals surface area contributed by atoms with Crippen molar-refractivity contribution >= 4 is 22.2 Å². The van der Waals surface area contributed by atoms with Crippen molar-refractivity contribution in [2.24, 2.45) is 0 Å². The second-order valence-electron chi connectivity index (χ2n) is 4.25. The van der Waals surface area contributed by atoms with Crippen LogP contribution in [0, 0.1) is 5.82 Å². The summed E-state index contributed by atoms with van der Waals surface area (Å²) >= 11 is 1.59. The van der Waals surface area contributed by atoms with E-state index in [0.717, 1.165) is 10.0 Å². The third-order valence-corrected chi connectivity index (χ3v) is 4.26. The van der Waals surface area contributed by atoms with Crippen molar-refractivity contribution in [1.29, 1.82) is 0 Å². The van der Waals surface area contributed by atoms with E-state index in [9.17, 15) is 4.39 Å². The molecule has 0 aliphatic carbocycles. The lowest BCUT2D eigenvalue weighted by molar-refractivity contribution is 0.625. The average molecular weight is 279 g/mol. The largest absolute Gasteiger partial charge is 0.315 e. The van der Waals surface area contributed by atoms with Gasteiger partial charge < -0.3 is 10.2 Å². The first-order valence-electron chi connectivity index (χ1n) is 6.32. The predicted octanol–water partition coefficient (Wildman–Crippen LogP) is 3.72. The van der Waals surface area contributed by atoms with Crippen LogP contribution < -0.4 is 10.2 Å². The molecule has 2 rings (SSSR count). The number of para-hydroxylation sites is 1. The fourth-order valence-electron chi connectivity index (χ4n) is 1.82. The highest BCUT2D eigenvalue weighted by Gasteiger charge is 2.16. The molecule has 1 heterocycles. The summed E-state index contributed by atoms with van der Waals surface area (Å²) in [4.78, 5) is 7.45. The van der Waals surface area contributed by atoms with Crippen LogP contribution in [-0.2, 0) is 0 Å². The van der Waals surface area contributed by atoms with Crippen LogP contribution in [0.5, 0.6) is 0 Å². The maximum Gasteiger partial charge on any atom is 0.190 e. The summed E-state index contributed by atoms with van der Waals surface area (Å²) in [6.45, 7) is 4.76. The first-order valence-corrected chi connectivity index (χ1v) is 7.14. The molecular formula is C14H18FN3S. The molecule has 1 atom stereocenters. The van der Waals surface area contributed by atoms with E-state index in [1.54, 1.807) is 23.5 Å². The van der Waals surface area contributed by atoms with Crippen molar-refractivity contribution < 1.29 is 4.39 Å². The molecule has 1 aromatic carbocycles.